The van der Waals surface area contributed by atoms with Gasteiger partial charge in [-0.1, -0.05) is 0 Å². The molecule has 0 unspecified atom stereocenters. The van der Waals surface area contributed by atoms with Crippen molar-refractivity contribution in [2.75, 3.05) is 18.5 Å². The summed E-state index contributed by atoms with van der Waals surface area (Å²) in [6.45, 7) is -0.144. The topological polar surface area (TPSA) is 27.0 Å². The minimum atomic E-state index is -2.20. The number of halogens is 5. The summed E-state index contributed by atoms with van der Waals surface area (Å²) in [5.74, 6) is -9.99. The Morgan fingerprint density at radius 2 is 1.35 bits per heavy atom. The molecule has 0 aliphatic rings. The van der Waals surface area contributed by atoms with Crippen molar-refractivity contribution < 1.29 is 22.0 Å². The number of hydrogen-bond donors (Lipinski definition) is 0. The average molecular weight is 250 g/mol. The Morgan fingerprint density at radius 1 is 0.941 bits per heavy atom. The lowest BCUT2D eigenvalue weighted by Crippen LogP contribution is -2.22. The molecule has 0 heterocycles. The molecule has 1 aromatic carbocycles. The Hall–Kier alpha value is -1.84. The summed E-state index contributed by atoms with van der Waals surface area (Å²) < 4.78 is 64.8. The third-order valence-corrected chi connectivity index (χ3v) is 2.13. The molecule has 0 N–H and O–H groups in total. The van der Waals surface area contributed by atoms with Crippen LogP contribution in [0.3, 0.4) is 0 Å². The highest BCUT2D eigenvalue weighted by Crippen LogP contribution is 2.29. The van der Waals surface area contributed by atoms with E-state index < -0.39 is 34.8 Å². The van der Waals surface area contributed by atoms with Crippen LogP contribution in [0.15, 0.2) is 0 Å². The molecule has 0 aliphatic carbocycles. The molecule has 0 fully saturated rings. The fourth-order valence-electron chi connectivity index (χ4n) is 1.26. The van der Waals surface area contributed by atoms with Gasteiger partial charge in [0.15, 0.2) is 23.3 Å². The van der Waals surface area contributed by atoms with E-state index >= 15 is 0 Å². The van der Waals surface area contributed by atoms with Crippen LogP contribution in [0.25, 0.3) is 0 Å². The van der Waals surface area contributed by atoms with E-state index in [9.17, 15) is 22.0 Å². The van der Waals surface area contributed by atoms with Crippen LogP contribution in [0.5, 0.6) is 0 Å². The van der Waals surface area contributed by atoms with Crippen molar-refractivity contribution >= 4 is 5.69 Å². The zero-order valence-corrected chi connectivity index (χ0v) is 8.70. The molecule has 0 aliphatic heterocycles. The molecule has 0 radical (unpaired) electrons. The first-order valence-electron chi connectivity index (χ1n) is 4.51. The maximum absolute atomic E-state index is 13.2. The molecular formula is C10H7F5N2. The van der Waals surface area contributed by atoms with Gasteiger partial charge in [-0.2, -0.15) is 5.26 Å². The summed E-state index contributed by atoms with van der Waals surface area (Å²) in [4.78, 5) is 0.805. The third-order valence-electron chi connectivity index (χ3n) is 2.13. The van der Waals surface area contributed by atoms with Crippen molar-refractivity contribution in [3.63, 3.8) is 0 Å². The van der Waals surface area contributed by atoms with Gasteiger partial charge in [0.25, 0.3) is 0 Å². The lowest BCUT2D eigenvalue weighted by atomic mass is 10.2. The molecule has 1 rings (SSSR count). The standard InChI is InChI=1S/C10H7F5N2/c1-17(4-2-3-16)10-8(14)6(12)5(11)7(13)9(10)15/h2,4H2,1H3. The second-order valence-electron chi connectivity index (χ2n) is 3.25. The number of anilines is 1. The molecule has 2 nitrogen and oxygen atoms in total. The van der Waals surface area contributed by atoms with E-state index in [2.05, 4.69) is 0 Å². The zero-order valence-electron chi connectivity index (χ0n) is 8.70. The van der Waals surface area contributed by atoms with Gasteiger partial charge in [-0.15, -0.1) is 0 Å². The number of benzene rings is 1. The lowest BCUT2D eigenvalue weighted by molar-refractivity contribution is 0.379. The van der Waals surface area contributed by atoms with Crippen LogP contribution >= 0.6 is 0 Å². The van der Waals surface area contributed by atoms with Crippen molar-refractivity contribution in [2.24, 2.45) is 0 Å². The van der Waals surface area contributed by atoms with Gasteiger partial charge >= 0.3 is 0 Å². The maximum atomic E-state index is 13.2. The highest BCUT2D eigenvalue weighted by atomic mass is 19.2. The molecule has 0 bridgehead atoms. The van der Waals surface area contributed by atoms with E-state index in [1.54, 1.807) is 6.07 Å². The Balaban J connectivity index is 3.29. The van der Waals surface area contributed by atoms with Gasteiger partial charge in [0, 0.05) is 13.6 Å². The van der Waals surface area contributed by atoms with Crippen LogP contribution in [0.4, 0.5) is 27.6 Å². The second-order valence-corrected chi connectivity index (χ2v) is 3.25. The highest BCUT2D eigenvalue weighted by molar-refractivity contribution is 5.49. The highest BCUT2D eigenvalue weighted by Gasteiger charge is 2.27. The molecule has 0 atom stereocenters. The van der Waals surface area contributed by atoms with Crippen LogP contribution < -0.4 is 4.90 Å². The number of rotatable bonds is 3. The minimum Gasteiger partial charge on any atom is -0.369 e. The molecule has 17 heavy (non-hydrogen) atoms. The van der Waals surface area contributed by atoms with Crippen molar-refractivity contribution in [1.29, 1.82) is 5.26 Å². The van der Waals surface area contributed by atoms with Gasteiger partial charge in [-0.25, -0.2) is 22.0 Å². The summed E-state index contributed by atoms with van der Waals surface area (Å²) in [5.41, 5.74) is -1.03. The normalized spacial score (nSPS) is 10.2. The molecule has 7 heteroatoms. The van der Waals surface area contributed by atoms with Gasteiger partial charge in [0.05, 0.1) is 12.5 Å². The summed E-state index contributed by atoms with van der Waals surface area (Å²) >= 11 is 0. The summed E-state index contributed by atoms with van der Waals surface area (Å²) in [6, 6.07) is 1.70. The quantitative estimate of drug-likeness (QED) is 0.468. The number of hydrogen-bond acceptors (Lipinski definition) is 2. The first-order chi connectivity index (χ1) is 7.91. The molecule has 0 saturated heterocycles. The predicted octanol–water partition coefficient (Wildman–Crippen LogP) is 2.73. The summed E-state index contributed by atoms with van der Waals surface area (Å²) in [5, 5.41) is 8.28. The first-order valence-corrected chi connectivity index (χ1v) is 4.51. The molecule has 92 valence electrons. The molecule has 0 saturated carbocycles. The van der Waals surface area contributed by atoms with E-state index in [1.165, 1.54) is 0 Å². The molecule has 0 spiro atoms. The monoisotopic (exact) mass is 250 g/mol. The van der Waals surface area contributed by atoms with E-state index in [1.807, 2.05) is 0 Å². The molecule has 0 aromatic heterocycles. The van der Waals surface area contributed by atoms with Crippen LogP contribution in [0.1, 0.15) is 6.42 Å². The zero-order chi connectivity index (χ0) is 13.2. The summed E-state index contributed by atoms with van der Waals surface area (Å²) in [7, 11) is 1.13. The van der Waals surface area contributed by atoms with Crippen molar-refractivity contribution in [3.8, 4) is 6.07 Å². The van der Waals surface area contributed by atoms with Crippen LogP contribution in [-0.4, -0.2) is 13.6 Å². The van der Waals surface area contributed by atoms with E-state index in [0.29, 0.717) is 0 Å². The Kier molecular flexibility index (Phi) is 3.89. The van der Waals surface area contributed by atoms with Gasteiger partial charge in [0.2, 0.25) is 5.82 Å². The fourth-order valence-corrected chi connectivity index (χ4v) is 1.26. The maximum Gasteiger partial charge on any atom is 0.200 e. The Bertz CT molecular complexity index is 452. The fraction of sp³-hybridized carbons (Fsp3) is 0.300. The van der Waals surface area contributed by atoms with Gasteiger partial charge in [-0.05, 0) is 0 Å². The van der Waals surface area contributed by atoms with E-state index in [0.717, 1.165) is 11.9 Å². The lowest BCUT2D eigenvalue weighted by Gasteiger charge is -2.19. The van der Waals surface area contributed by atoms with Gasteiger partial charge in [0.1, 0.15) is 5.69 Å². The van der Waals surface area contributed by atoms with Crippen LogP contribution in [-0.2, 0) is 0 Å². The average Bonchev–Trinajstić information content (AvgIpc) is 2.31. The van der Waals surface area contributed by atoms with Gasteiger partial charge in [-0.3, -0.25) is 0 Å². The van der Waals surface area contributed by atoms with Gasteiger partial charge < -0.3 is 4.90 Å². The number of nitrogens with zero attached hydrogens (tertiary/aromatic N) is 2. The Labute approximate surface area is 93.9 Å². The molecular weight excluding hydrogens is 243 g/mol. The number of nitriles is 1. The predicted molar refractivity (Wildman–Crippen MR) is 49.7 cm³/mol. The largest absolute Gasteiger partial charge is 0.369 e. The van der Waals surface area contributed by atoms with Crippen molar-refractivity contribution in [3.05, 3.63) is 29.1 Å². The third kappa shape index (κ3) is 2.30. The van der Waals surface area contributed by atoms with E-state index in [4.69, 9.17) is 5.26 Å². The van der Waals surface area contributed by atoms with E-state index in [-0.39, 0.29) is 13.0 Å². The summed E-state index contributed by atoms with van der Waals surface area (Å²) in [6.07, 6.45) is -0.101. The Morgan fingerprint density at radius 3 is 1.76 bits per heavy atom. The van der Waals surface area contributed by atoms with Crippen LogP contribution in [0, 0.1) is 40.4 Å². The first kappa shape index (κ1) is 13.2. The minimum absolute atomic E-state index is 0.101. The van der Waals surface area contributed by atoms with Crippen LogP contribution in [0.2, 0.25) is 0 Å². The van der Waals surface area contributed by atoms with Crippen molar-refractivity contribution in [2.45, 2.75) is 6.42 Å². The smallest absolute Gasteiger partial charge is 0.200 e. The van der Waals surface area contributed by atoms with Crippen molar-refractivity contribution in [1.82, 2.24) is 0 Å². The SMILES string of the molecule is CN(CCC#N)c1c(F)c(F)c(F)c(F)c1F. The molecule has 0 amide bonds. The second kappa shape index (κ2) is 4.99. The molecule has 1 aromatic rings.